The van der Waals surface area contributed by atoms with Crippen LogP contribution in [0.5, 0.6) is 5.75 Å². The summed E-state index contributed by atoms with van der Waals surface area (Å²) in [5.74, 6) is 0.654. The summed E-state index contributed by atoms with van der Waals surface area (Å²) in [5.41, 5.74) is 0.869. The van der Waals surface area contributed by atoms with Crippen molar-refractivity contribution in [3.8, 4) is 5.75 Å². The highest BCUT2D eigenvalue weighted by Crippen LogP contribution is 2.23. The number of amides is 1. The third-order valence-corrected chi connectivity index (χ3v) is 2.65. The monoisotopic (exact) mass is 297 g/mol. The molecule has 1 rings (SSSR count). The van der Waals surface area contributed by atoms with Gasteiger partial charge in [-0.05, 0) is 30.7 Å². The van der Waals surface area contributed by atoms with E-state index in [0.29, 0.717) is 6.54 Å². The van der Waals surface area contributed by atoms with Gasteiger partial charge in [-0.1, -0.05) is 22.9 Å². The van der Waals surface area contributed by atoms with Crippen LogP contribution >= 0.6 is 15.9 Å². The zero-order chi connectivity index (χ0) is 12.7. The number of ether oxygens (including phenoxy) is 1. The number of methoxy groups -OCH3 is 1. The maximum atomic E-state index is 11.4. The molecule has 0 spiro atoms. The molecule has 0 heterocycles. The fourth-order valence-electron chi connectivity index (χ4n) is 1.31. The quantitative estimate of drug-likeness (QED) is 0.849. The van der Waals surface area contributed by atoms with Crippen LogP contribution in [0.15, 0.2) is 28.7 Å². The van der Waals surface area contributed by atoms with Crippen molar-refractivity contribution in [3.05, 3.63) is 34.3 Å². The van der Waals surface area contributed by atoms with Crippen LogP contribution in [-0.2, 0) is 4.79 Å². The number of hydrogen-bond donors (Lipinski definition) is 1. The SMILES string of the molecule is CCCNC(=O)/C=C\c1cc(Br)ccc1OC. The zero-order valence-electron chi connectivity index (χ0n) is 10.00. The first-order valence-electron chi connectivity index (χ1n) is 5.46. The standard InChI is InChI=1S/C13H16BrNO2/c1-3-8-15-13(16)7-4-10-9-11(14)5-6-12(10)17-2/h4-7,9H,3,8H2,1-2H3,(H,15,16)/b7-4-. The van der Waals surface area contributed by atoms with Gasteiger partial charge in [0.05, 0.1) is 7.11 Å². The van der Waals surface area contributed by atoms with E-state index in [2.05, 4.69) is 21.2 Å². The van der Waals surface area contributed by atoms with E-state index >= 15 is 0 Å². The number of hydrogen-bond acceptors (Lipinski definition) is 2. The second kappa shape index (κ2) is 7.12. The van der Waals surface area contributed by atoms with Crippen LogP contribution in [0.25, 0.3) is 6.08 Å². The van der Waals surface area contributed by atoms with Gasteiger partial charge in [-0.2, -0.15) is 0 Å². The second-order valence-corrected chi connectivity index (χ2v) is 4.43. The lowest BCUT2D eigenvalue weighted by Gasteiger charge is -2.05. The first-order valence-corrected chi connectivity index (χ1v) is 6.26. The highest BCUT2D eigenvalue weighted by Gasteiger charge is 2.01. The molecular formula is C13H16BrNO2. The van der Waals surface area contributed by atoms with E-state index in [0.717, 1.165) is 22.2 Å². The summed E-state index contributed by atoms with van der Waals surface area (Å²) in [6, 6.07) is 5.66. The van der Waals surface area contributed by atoms with Crippen molar-refractivity contribution < 1.29 is 9.53 Å². The Hall–Kier alpha value is -1.29. The largest absolute Gasteiger partial charge is 0.496 e. The van der Waals surface area contributed by atoms with Gasteiger partial charge in [0.2, 0.25) is 5.91 Å². The van der Waals surface area contributed by atoms with Crippen molar-refractivity contribution in [1.29, 1.82) is 0 Å². The molecule has 0 radical (unpaired) electrons. The van der Waals surface area contributed by atoms with Crippen molar-refractivity contribution in [2.24, 2.45) is 0 Å². The summed E-state index contributed by atoms with van der Waals surface area (Å²) in [6.07, 6.45) is 4.19. The molecule has 0 saturated heterocycles. The predicted octanol–water partition coefficient (Wildman–Crippen LogP) is 3.00. The second-order valence-electron chi connectivity index (χ2n) is 3.51. The van der Waals surface area contributed by atoms with E-state index in [-0.39, 0.29) is 5.91 Å². The molecule has 4 heteroatoms. The molecule has 0 bridgehead atoms. The van der Waals surface area contributed by atoms with Crippen molar-refractivity contribution in [1.82, 2.24) is 5.32 Å². The van der Waals surface area contributed by atoms with E-state index in [9.17, 15) is 4.79 Å². The minimum absolute atomic E-state index is 0.0890. The average Bonchev–Trinajstić information content (AvgIpc) is 2.34. The van der Waals surface area contributed by atoms with Gasteiger partial charge in [0.25, 0.3) is 0 Å². The van der Waals surface area contributed by atoms with Crippen molar-refractivity contribution >= 4 is 27.9 Å². The number of rotatable bonds is 5. The van der Waals surface area contributed by atoms with Gasteiger partial charge in [-0.25, -0.2) is 0 Å². The van der Waals surface area contributed by atoms with Gasteiger partial charge in [0.15, 0.2) is 0 Å². The number of benzene rings is 1. The van der Waals surface area contributed by atoms with Gasteiger partial charge in [-0.15, -0.1) is 0 Å². The highest BCUT2D eigenvalue weighted by atomic mass is 79.9. The molecule has 0 atom stereocenters. The van der Waals surface area contributed by atoms with E-state index in [4.69, 9.17) is 4.74 Å². The van der Waals surface area contributed by atoms with Crippen molar-refractivity contribution in [2.75, 3.05) is 13.7 Å². The van der Waals surface area contributed by atoms with Crippen LogP contribution in [0.1, 0.15) is 18.9 Å². The Kier molecular flexibility index (Phi) is 5.77. The molecule has 17 heavy (non-hydrogen) atoms. The highest BCUT2D eigenvalue weighted by molar-refractivity contribution is 9.10. The molecule has 92 valence electrons. The topological polar surface area (TPSA) is 38.3 Å². The number of carbonyl (C=O) groups is 1. The predicted molar refractivity (Wildman–Crippen MR) is 73.0 cm³/mol. The lowest BCUT2D eigenvalue weighted by atomic mass is 10.2. The van der Waals surface area contributed by atoms with Gasteiger partial charge in [0, 0.05) is 22.7 Å². The molecule has 1 aromatic carbocycles. The van der Waals surface area contributed by atoms with E-state index in [1.807, 2.05) is 25.1 Å². The summed E-state index contributed by atoms with van der Waals surface area (Å²) in [6.45, 7) is 2.71. The van der Waals surface area contributed by atoms with E-state index in [1.165, 1.54) is 6.08 Å². The average molecular weight is 298 g/mol. The van der Waals surface area contributed by atoms with Gasteiger partial charge in [-0.3, -0.25) is 4.79 Å². The van der Waals surface area contributed by atoms with Gasteiger partial charge >= 0.3 is 0 Å². The number of nitrogens with one attached hydrogen (secondary N) is 1. The lowest BCUT2D eigenvalue weighted by molar-refractivity contribution is -0.116. The number of halogens is 1. The normalized spacial score (nSPS) is 10.5. The smallest absolute Gasteiger partial charge is 0.244 e. The van der Waals surface area contributed by atoms with E-state index < -0.39 is 0 Å². The molecule has 1 amide bonds. The molecule has 3 nitrogen and oxygen atoms in total. The summed E-state index contributed by atoms with van der Waals surface area (Å²) in [7, 11) is 1.61. The van der Waals surface area contributed by atoms with Crippen molar-refractivity contribution in [2.45, 2.75) is 13.3 Å². The minimum Gasteiger partial charge on any atom is -0.496 e. The van der Waals surface area contributed by atoms with Crippen LogP contribution in [-0.4, -0.2) is 19.6 Å². The molecule has 1 N–H and O–H groups in total. The zero-order valence-corrected chi connectivity index (χ0v) is 11.6. The van der Waals surface area contributed by atoms with Crippen LogP contribution in [0.4, 0.5) is 0 Å². The first-order chi connectivity index (χ1) is 8.17. The lowest BCUT2D eigenvalue weighted by Crippen LogP contribution is -2.21. The van der Waals surface area contributed by atoms with Crippen LogP contribution in [0, 0.1) is 0 Å². The van der Waals surface area contributed by atoms with Crippen LogP contribution in [0.3, 0.4) is 0 Å². The first kappa shape index (κ1) is 13.8. The van der Waals surface area contributed by atoms with Crippen molar-refractivity contribution in [3.63, 3.8) is 0 Å². The molecule has 0 aliphatic heterocycles. The Morgan fingerprint density at radius 1 is 1.53 bits per heavy atom. The summed E-state index contributed by atoms with van der Waals surface area (Å²) >= 11 is 3.38. The van der Waals surface area contributed by atoms with Crippen LogP contribution in [0.2, 0.25) is 0 Å². The van der Waals surface area contributed by atoms with Crippen LogP contribution < -0.4 is 10.1 Å². The fraction of sp³-hybridized carbons (Fsp3) is 0.308. The fourth-order valence-corrected chi connectivity index (χ4v) is 1.69. The molecule has 1 aromatic rings. The molecule has 0 fully saturated rings. The van der Waals surface area contributed by atoms with Gasteiger partial charge < -0.3 is 10.1 Å². The Balaban J connectivity index is 2.76. The minimum atomic E-state index is -0.0890. The Morgan fingerprint density at radius 2 is 2.29 bits per heavy atom. The summed E-state index contributed by atoms with van der Waals surface area (Å²) in [4.78, 5) is 11.4. The summed E-state index contributed by atoms with van der Waals surface area (Å²) in [5, 5.41) is 2.78. The molecule has 0 unspecified atom stereocenters. The molecule has 0 aliphatic rings. The third-order valence-electron chi connectivity index (χ3n) is 2.16. The van der Waals surface area contributed by atoms with Gasteiger partial charge in [0.1, 0.15) is 5.75 Å². The molecular weight excluding hydrogens is 282 g/mol. The van der Waals surface area contributed by atoms with E-state index in [1.54, 1.807) is 13.2 Å². The Bertz CT molecular complexity index is 416. The maximum Gasteiger partial charge on any atom is 0.244 e. The molecule has 0 aliphatic carbocycles. The third kappa shape index (κ3) is 4.61. The Labute approximate surface area is 110 Å². The molecule has 0 aromatic heterocycles. The summed E-state index contributed by atoms with van der Waals surface area (Å²) < 4.78 is 6.16. The number of carbonyl (C=O) groups excluding carboxylic acids is 1. The Morgan fingerprint density at radius 3 is 2.94 bits per heavy atom. The molecule has 0 saturated carbocycles. The maximum absolute atomic E-state index is 11.4.